The minimum Gasteiger partial charge on any atom is -0.363 e. The molecule has 0 radical (unpaired) electrons. The number of hydrogen-bond donors (Lipinski definition) is 2. The number of nitrogens with one attached hydrogen (secondary N) is 1. The van der Waals surface area contributed by atoms with Gasteiger partial charge in [0.15, 0.2) is 0 Å². The van der Waals surface area contributed by atoms with Crippen LogP contribution in [0.1, 0.15) is 48.4 Å². The summed E-state index contributed by atoms with van der Waals surface area (Å²) < 4.78 is 42.1. The first-order valence-electron chi connectivity index (χ1n) is 13.0. The van der Waals surface area contributed by atoms with Gasteiger partial charge in [0, 0.05) is 30.2 Å². The van der Waals surface area contributed by atoms with Crippen molar-refractivity contribution in [3.63, 3.8) is 0 Å². The van der Waals surface area contributed by atoms with E-state index in [0.29, 0.717) is 32.6 Å². The number of halogens is 1. The minimum atomic E-state index is -3.24. The van der Waals surface area contributed by atoms with Crippen molar-refractivity contribution in [3.8, 4) is 11.3 Å². The van der Waals surface area contributed by atoms with E-state index in [0.717, 1.165) is 52.7 Å². The highest BCUT2D eigenvalue weighted by molar-refractivity contribution is 7.89. The smallest absolute Gasteiger partial charge is 0.214 e. The summed E-state index contributed by atoms with van der Waals surface area (Å²) in [7, 11) is -3.24. The number of piperidine rings is 1. The summed E-state index contributed by atoms with van der Waals surface area (Å²) in [5.41, 5.74) is 10.3. The van der Waals surface area contributed by atoms with Crippen LogP contribution in [0.2, 0.25) is 0 Å². The molecule has 0 bridgehead atoms. The number of thiazole rings is 1. The van der Waals surface area contributed by atoms with Crippen LogP contribution >= 0.6 is 11.3 Å². The van der Waals surface area contributed by atoms with E-state index in [-0.39, 0.29) is 17.5 Å². The molecule has 0 unspecified atom stereocenters. The van der Waals surface area contributed by atoms with Crippen molar-refractivity contribution in [1.82, 2.24) is 18.7 Å². The molecule has 8 nitrogen and oxygen atoms in total. The van der Waals surface area contributed by atoms with Crippen molar-refractivity contribution in [2.45, 2.75) is 45.1 Å². The average molecular weight is 557 g/mol. The highest BCUT2D eigenvalue weighted by Crippen LogP contribution is 2.31. The Labute approximate surface area is 226 Å². The molecule has 3 N–H and O–H groups in total. The Bertz CT molecular complexity index is 1490. The van der Waals surface area contributed by atoms with E-state index in [1.165, 1.54) is 17.7 Å². The van der Waals surface area contributed by atoms with E-state index in [1.54, 1.807) is 27.8 Å². The highest BCUT2D eigenvalue weighted by atomic mass is 32.2. The zero-order valence-electron chi connectivity index (χ0n) is 21.4. The van der Waals surface area contributed by atoms with Crippen molar-refractivity contribution < 1.29 is 12.8 Å². The molecule has 11 heteroatoms. The maximum absolute atomic E-state index is 13.3. The average Bonchev–Trinajstić information content (AvgIpc) is 3.55. The molecule has 0 atom stereocenters. The third kappa shape index (κ3) is 5.75. The molecule has 5 rings (SSSR count). The molecule has 1 aliphatic heterocycles. The van der Waals surface area contributed by atoms with Crippen LogP contribution < -0.4 is 11.1 Å². The SMILES string of the molecule is CCc1nc2ccc(C3CCN(S(=O)(=O)CCCN)CC3)cn2c1NCc1nc(-c2ccc(F)cc2)cs1. The summed E-state index contributed by atoms with van der Waals surface area (Å²) in [5, 5.41) is 6.46. The molecule has 38 heavy (non-hydrogen) atoms. The maximum Gasteiger partial charge on any atom is 0.214 e. The molecule has 1 saturated heterocycles. The van der Waals surface area contributed by atoms with Gasteiger partial charge in [-0.2, -0.15) is 0 Å². The van der Waals surface area contributed by atoms with Crippen molar-refractivity contribution in [1.29, 1.82) is 0 Å². The van der Waals surface area contributed by atoms with E-state index in [1.807, 2.05) is 11.4 Å². The van der Waals surface area contributed by atoms with Gasteiger partial charge in [0.2, 0.25) is 10.0 Å². The number of anilines is 1. The molecule has 1 aliphatic rings. The van der Waals surface area contributed by atoms with Crippen LogP contribution in [0.4, 0.5) is 10.2 Å². The van der Waals surface area contributed by atoms with Gasteiger partial charge < -0.3 is 11.1 Å². The van der Waals surface area contributed by atoms with Crippen molar-refractivity contribution in [2.75, 3.05) is 30.7 Å². The summed E-state index contributed by atoms with van der Waals surface area (Å²) in [6.45, 7) is 4.09. The lowest BCUT2D eigenvalue weighted by Gasteiger charge is -2.31. The normalized spacial score (nSPS) is 15.3. The van der Waals surface area contributed by atoms with Gasteiger partial charge >= 0.3 is 0 Å². The first-order chi connectivity index (χ1) is 18.4. The van der Waals surface area contributed by atoms with E-state index in [4.69, 9.17) is 15.7 Å². The molecular weight excluding hydrogens is 523 g/mol. The second kappa shape index (κ2) is 11.5. The van der Waals surface area contributed by atoms with Crippen LogP contribution in [-0.2, 0) is 23.0 Å². The Kier molecular flexibility index (Phi) is 8.08. The Morgan fingerprint density at radius 1 is 1.13 bits per heavy atom. The van der Waals surface area contributed by atoms with Crippen LogP contribution in [0.15, 0.2) is 48.0 Å². The van der Waals surface area contributed by atoms with Gasteiger partial charge in [-0.05, 0) is 74.0 Å². The number of benzene rings is 1. The van der Waals surface area contributed by atoms with Gasteiger partial charge in [0.1, 0.15) is 22.3 Å². The number of nitrogens with zero attached hydrogens (tertiary/aromatic N) is 4. The first-order valence-corrected chi connectivity index (χ1v) is 15.5. The number of aryl methyl sites for hydroxylation is 1. The van der Waals surface area contributed by atoms with Crippen molar-refractivity contribution >= 4 is 32.8 Å². The highest BCUT2D eigenvalue weighted by Gasteiger charge is 2.28. The molecule has 4 aromatic rings. The second-order valence-electron chi connectivity index (χ2n) is 9.57. The topological polar surface area (TPSA) is 106 Å². The molecule has 4 heterocycles. The number of pyridine rings is 1. The Hall–Kier alpha value is -2.86. The minimum absolute atomic E-state index is 0.120. The second-order valence-corrected chi connectivity index (χ2v) is 12.6. The lowest BCUT2D eigenvalue weighted by Crippen LogP contribution is -2.39. The molecule has 202 valence electrons. The third-order valence-electron chi connectivity index (χ3n) is 7.07. The van der Waals surface area contributed by atoms with Gasteiger partial charge in [-0.15, -0.1) is 11.3 Å². The fourth-order valence-corrected chi connectivity index (χ4v) is 7.25. The lowest BCUT2D eigenvalue weighted by atomic mass is 9.91. The third-order valence-corrected chi connectivity index (χ3v) is 9.88. The van der Waals surface area contributed by atoms with Crippen LogP contribution in [0.5, 0.6) is 0 Å². The standard InChI is InChI=1S/C27H33FN6O2S2/c1-2-23-27(30-16-26-32-24(18-37-26)20-4-7-22(28)8-5-20)34-17-21(6-9-25(34)31-23)19-10-13-33(14-11-19)38(35,36)15-3-12-29/h4-9,17-19,30H,2-3,10-16,29H2,1H3. The van der Waals surface area contributed by atoms with Crippen molar-refractivity contribution in [3.05, 3.63) is 70.1 Å². The van der Waals surface area contributed by atoms with Crippen LogP contribution in [0.3, 0.4) is 0 Å². The van der Waals surface area contributed by atoms with E-state index in [9.17, 15) is 12.8 Å². The predicted molar refractivity (Wildman–Crippen MR) is 150 cm³/mol. The van der Waals surface area contributed by atoms with Gasteiger partial charge in [-0.3, -0.25) is 4.40 Å². The number of imidazole rings is 1. The summed E-state index contributed by atoms with van der Waals surface area (Å²) >= 11 is 1.56. The molecule has 0 amide bonds. The summed E-state index contributed by atoms with van der Waals surface area (Å²) in [4.78, 5) is 9.54. The Morgan fingerprint density at radius 2 is 1.89 bits per heavy atom. The van der Waals surface area contributed by atoms with Gasteiger partial charge in [-0.1, -0.05) is 13.0 Å². The maximum atomic E-state index is 13.3. The molecule has 0 aliphatic carbocycles. The van der Waals surface area contributed by atoms with Crippen LogP contribution in [-0.4, -0.2) is 52.5 Å². The van der Waals surface area contributed by atoms with E-state index < -0.39 is 10.0 Å². The predicted octanol–water partition coefficient (Wildman–Crippen LogP) is 4.63. The van der Waals surface area contributed by atoms with Crippen LogP contribution in [0, 0.1) is 5.82 Å². The van der Waals surface area contributed by atoms with Gasteiger partial charge in [0.25, 0.3) is 0 Å². The zero-order chi connectivity index (χ0) is 26.7. The van der Waals surface area contributed by atoms with Crippen molar-refractivity contribution in [2.24, 2.45) is 5.73 Å². The summed E-state index contributed by atoms with van der Waals surface area (Å²) in [6, 6.07) is 10.5. The summed E-state index contributed by atoms with van der Waals surface area (Å²) in [5.74, 6) is 1.10. The molecule has 3 aromatic heterocycles. The zero-order valence-corrected chi connectivity index (χ0v) is 23.1. The molecule has 0 spiro atoms. The Morgan fingerprint density at radius 3 is 2.61 bits per heavy atom. The molecule has 0 saturated carbocycles. The fourth-order valence-electron chi connectivity index (χ4n) is 4.95. The number of hydrogen-bond acceptors (Lipinski definition) is 7. The number of fused-ring (bicyclic) bond motifs is 1. The monoisotopic (exact) mass is 556 g/mol. The van der Waals surface area contributed by atoms with Crippen LogP contribution in [0.25, 0.3) is 16.9 Å². The number of aromatic nitrogens is 3. The number of rotatable bonds is 10. The number of nitrogens with two attached hydrogens (primary N) is 1. The molecular formula is C27H33FN6O2S2. The van der Waals surface area contributed by atoms with Gasteiger partial charge in [-0.25, -0.2) is 27.1 Å². The lowest BCUT2D eigenvalue weighted by molar-refractivity contribution is 0.319. The fraction of sp³-hybridized carbons (Fsp3) is 0.407. The van der Waals surface area contributed by atoms with E-state index >= 15 is 0 Å². The first kappa shape index (κ1) is 26.7. The summed E-state index contributed by atoms with van der Waals surface area (Å²) in [6.07, 6.45) is 4.99. The quantitative estimate of drug-likeness (QED) is 0.295. The molecule has 1 aromatic carbocycles. The number of sulfonamides is 1. The molecule has 1 fully saturated rings. The largest absolute Gasteiger partial charge is 0.363 e. The van der Waals surface area contributed by atoms with E-state index in [2.05, 4.69) is 28.9 Å². The Balaban J connectivity index is 1.30. The van der Waals surface area contributed by atoms with Gasteiger partial charge in [0.05, 0.1) is 23.7 Å².